The maximum Gasteiger partial charge on any atom is 0.307 e. The van der Waals surface area contributed by atoms with Gasteiger partial charge in [-0.3, -0.25) is 4.79 Å². The summed E-state index contributed by atoms with van der Waals surface area (Å²) in [5, 5.41) is 9.23. The van der Waals surface area contributed by atoms with E-state index in [4.69, 9.17) is 4.74 Å². The number of sulfonamides is 1. The fourth-order valence-corrected chi connectivity index (χ4v) is 5.04. The number of nitrogens with zero attached hydrogens (tertiary/aromatic N) is 1. The lowest BCUT2D eigenvalue weighted by atomic mass is 9.92. The van der Waals surface area contributed by atoms with Crippen molar-refractivity contribution in [3.8, 4) is 5.75 Å². The Kier molecular flexibility index (Phi) is 4.10. The summed E-state index contributed by atoms with van der Waals surface area (Å²) >= 11 is 0. The molecule has 2 aliphatic heterocycles. The summed E-state index contributed by atoms with van der Waals surface area (Å²) < 4.78 is 32.7. The number of carboxylic acids is 1. The second-order valence-electron chi connectivity index (χ2n) is 6.60. The number of hydrogen-bond donors (Lipinski definition) is 1. The minimum atomic E-state index is -3.69. The minimum absolute atomic E-state index is 0.0254. The Bertz CT molecular complexity index is 730. The Morgan fingerprint density at radius 1 is 1.30 bits per heavy atom. The van der Waals surface area contributed by atoms with Gasteiger partial charge in [0.1, 0.15) is 11.9 Å². The molecule has 6 nitrogen and oxygen atoms in total. The van der Waals surface area contributed by atoms with E-state index >= 15 is 0 Å². The van der Waals surface area contributed by atoms with Crippen LogP contribution < -0.4 is 4.74 Å². The first-order chi connectivity index (χ1) is 10.8. The second-order valence-corrected chi connectivity index (χ2v) is 8.54. The third kappa shape index (κ3) is 3.07. The molecule has 0 aliphatic carbocycles. The third-order valence-electron chi connectivity index (χ3n) is 4.48. The molecule has 2 heterocycles. The number of rotatable bonds is 3. The molecule has 0 radical (unpaired) electrons. The van der Waals surface area contributed by atoms with Crippen LogP contribution in [0, 0.1) is 11.8 Å². The van der Waals surface area contributed by atoms with E-state index in [2.05, 4.69) is 0 Å². The fraction of sp³-hybridized carbons (Fsp3) is 0.562. The fourth-order valence-electron chi connectivity index (χ4n) is 3.39. The van der Waals surface area contributed by atoms with E-state index in [1.165, 1.54) is 4.31 Å². The normalized spacial score (nSPS) is 28.2. The molecule has 1 fully saturated rings. The molecule has 7 heteroatoms. The van der Waals surface area contributed by atoms with Crippen molar-refractivity contribution in [3.63, 3.8) is 0 Å². The van der Waals surface area contributed by atoms with Gasteiger partial charge in [-0.15, -0.1) is 0 Å². The van der Waals surface area contributed by atoms with Crippen LogP contribution in [0.15, 0.2) is 23.1 Å². The van der Waals surface area contributed by atoms with Gasteiger partial charge < -0.3 is 9.84 Å². The van der Waals surface area contributed by atoms with Gasteiger partial charge in [0.25, 0.3) is 0 Å². The van der Waals surface area contributed by atoms with Gasteiger partial charge in [0.05, 0.1) is 10.8 Å². The Balaban J connectivity index is 1.89. The quantitative estimate of drug-likeness (QED) is 0.907. The van der Waals surface area contributed by atoms with Crippen molar-refractivity contribution in [2.45, 2.75) is 37.7 Å². The highest BCUT2D eigenvalue weighted by Gasteiger charge is 2.36. The summed E-state index contributed by atoms with van der Waals surface area (Å²) in [5.41, 5.74) is 0.887. The van der Waals surface area contributed by atoms with Crippen LogP contribution in [0.4, 0.5) is 0 Å². The van der Waals surface area contributed by atoms with E-state index in [-0.39, 0.29) is 23.5 Å². The molecule has 2 aliphatic rings. The number of carboxylic acid groups (broad SMARTS) is 1. The molecule has 3 atom stereocenters. The Morgan fingerprint density at radius 3 is 2.74 bits per heavy atom. The van der Waals surface area contributed by atoms with E-state index in [1.54, 1.807) is 18.2 Å². The van der Waals surface area contributed by atoms with E-state index in [0.717, 1.165) is 11.3 Å². The van der Waals surface area contributed by atoms with Crippen LogP contribution >= 0.6 is 0 Å². The molecular weight excluding hydrogens is 318 g/mol. The zero-order chi connectivity index (χ0) is 16.8. The van der Waals surface area contributed by atoms with Crippen LogP contribution in [0.5, 0.6) is 5.75 Å². The monoisotopic (exact) mass is 339 g/mol. The average Bonchev–Trinajstić information content (AvgIpc) is 2.85. The van der Waals surface area contributed by atoms with Crippen molar-refractivity contribution in [2.75, 3.05) is 13.1 Å². The molecule has 3 rings (SSSR count). The zero-order valence-electron chi connectivity index (χ0n) is 13.2. The summed E-state index contributed by atoms with van der Waals surface area (Å²) in [5.74, 6) is -0.830. The van der Waals surface area contributed by atoms with Gasteiger partial charge in [0.2, 0.25) is 10.0 Å². The van der Waals surface area contributed by atoms with E-state index < -0.39 is 21.9 Å². The van der Waals surface area contributed by atoms with Crippen LogP contribution in [-0.2, 0) is 21.2 Å². The first kappa shape index (κ1) is 16.3. The average molecular weight is 339 g/mol. The first-order valence-corrected chi connectivity index (χ1v) is 9.24. The highest BCUT2D eigenvalue weighted by atomic mass is 32.2. The Morgan fingerprint density at radius 2 is 2.04 bits per heavy atom. The maximum atomic E-state index is 12.9. The van der Waals surface area contributed by atoms with E-state index in [1.807, 2.05) is 13.8 Å². The summed E-state index contributed by atoms with van der Waals surface area (Å²) in [6.07, 6.45) is 1.25. The maximum absolute atomic E-state index is 12.9. The highest BCUT2D eigenvalue weighted by Crippen LogP contribution is 2.33. The van der Waals surface area contributed by atoms with Gasteiger partial charge in [0, 0.05) is 19.5 Å². The van der Waals surface area contributed by atoms with Crippen molar-refractivity contribution in [1.82, 2.24) is 4.31 Å². The number of fused-ring (bicyclic) bond motifs is 1. The molecule has 0 saturated carbocycles. The first-order valence-electron chi connectivity index (χ1n) is 7.80. The van der Waals surface area contributed by atoms with Gasteiger partial charge in [-0.05, 0) is 43.0 Å². The van der Waals surface area contributed by atoms with Gasteiger partial charge >= 0.3 is 5.97 Å². The Hall–Kier alpha value is -1.60. The van der Waals surface area contributed by atoms with Crippen LogP contribution in [0.1, 0.15) is 25.8 Å². The van der Waals surface area contributed by atoms with Crippen LogP contribution in [0.3, 0.4) is 0 Å². The lowest BCUT2D eigenvalue weighted by molar-refractivity contribution is -0.143. The molecule has 23 heavy (non-hydrogen) atoms. The Labute approximate surface area is 136 Å². The smallest absolute Gasteiger partial charge is 0.307 e. The van der Waals surface area contributed by atoms with Crippen LogP contribution in [0.2, 0.25) is 0 Å². The predicted molar refractivity (Wildman–Crippen MR) is 83.9 cm³/mol. The molecule has 0 bridgehead atoms. The van der Waals surface area contributed by atoms with E-state index in [0.29, 0.717) is 19.4 Å². The molecule has 1 aromatic rings. The summed E-state index contributed by atoms with van der Waals surface area (Å²) in [6, 6.07) is 4.89. The van der Waals surface area contributed by atoms with Crippen LogP contribution in [-0.4, -0.2) is 43.0 Å². The lowest BCUT2D eigenvalue weighted by Crippen LogP contribution is -2.45. The van der Waals surface area contributed by atoms with E-state index in [9.17, 15) is 18.3 Å². The molecule has 1 N–H and O–H groups in total. The number of hydrogen-bond acceptors (Lipinski definition) is 4. The number of aliphatic carboxylic acids is 1. The van der Waals surface area contributed by atoms with Crippen molar-refractivity contribution >= 4 is 16.0 Å². The third-order valence-corrected chi connectivity index (χ3v) is 6.31. The molecule has 3 unspecified atom stereocenters. The molecule has 1 aromatic carbocycles. The second kappa shape index (κ2) is 5.79. The van der Waals surface area contributed by atoms with Gasteiger partial charge in [-0.1, -0.05) is 6.92 Å². The number of ether oxygens (including phenoxy) is 1. The molecule has 0 amide bonds. The number of carbonyl (C=O) groups is 1. The van der Waals surface area contributed by atoms with Crippen molar-refractivity contribution in [3.05, 3.63) is 23.8 Å². The van der Waals surface area contributed by atoms with Crippen molar-refractivity contribution < 1.29 is 23.1 Å². The molecular formula is C16H21NO5S. The largest absolute Gasteiger partial charge is 0.490 e. The van der Waals surface area contributed by atoms with Gasteiger partial charge in [-0.25, -0.2) is 8.42 Å². The van der Waals surface area contributed by atoms with Crippen molar-refractivity contribution in [1.29, 1.82) is 0 Å². The summed E-state index contributed by atoms with van der Waals surface area (Å²) in [7, 11) is -3.69. The van der Waals surface area contributed by atoms with Gasteiger partial charge in [-0.2, -0.15) is 4.31 Å². The van der Waals surface area contributed by atoms with Gasteiger partial charge in [0.15, 0.2) is 0 Å². The van der Waals surface area contributed by atoms with Crippen molar-refractivity contribution in [2.24, 2.45) is 11.8 Å². The molecule has 0 spiro atoms. The molecule has 126 valence electrons. The standard InChI is InChI=1S/C16H21NO5S/c1-10-5-13(16(18)19)9-17(8-10)23(20,21)14-3-4-15-12(7-14)6-11(2)22-15/h3-4,7,10-11,13H,5-6,8-9H2,1-2H3,(H,18,19). The minimum Gasteiger partial charge on any atom is -0.490 e. The topological polar surface area (TPSA) is 83.9 Å². The lowest BCUT2D eigenvalue weighted by Gasteiger charge is -2.33. The number of piperidine rings is 1. The highest BCUT2D eigenvalue weighted by molar-refractivity contribution is 7.89. The predicted octanol–water partition coefficient (Wildman–Crippen LogP) is 1.74. The summed E-state index contributed by atoms with van der Waals surface area (Å²) in [6.45, 7) is 4.22. The zero-order valence-corrected chi connectivity index (χ0v) is 14.0. The molecule has 0 aromatic heterocycles. The summed E-state index contributed by atoms with van der Waals surface area (Å²) in [4.78, 5) is 11.5. The molecule has 1 saturated heterocycles. The van der Waals surface area contributed by atoms with Crippen LogP contribution in [0.25, 0.3) is 0 Å². The SMILES string of the molecule is CC1CC(C(=O)O)CN(S(=O)(=O)c2ccc3c(c2)CC(C)O3)C1. The number of benzene rings is 1.